The van der Waals surface area contributed by atoms with Gasteiger partial charge in [0.2, 0.25) is 5.91 Å². The number of thiazole rings is 1. The highest BCUT2D eigenvalue weighted by atomic mass is 35.5. The van der Waals surface area contributed by atoms with Gasteiger partial charge in [0, 0.05) is 21.1 Å². The van der Waals surface area contributed by atoms with Crippen molar-refractivity contribution in [2.45, 2.75) is 23.8 Å². The fraction of sp³-hybridized carbons (Fsp3) is 0.286. The minimum Gasteiger partial charge on any atom is -0.375 e. The second kappa shape index (κ2) is 6.25. The molecule has 110 valence electrons. The van der Waals surface area contributed by atoms with Gasteiger partial charge in [-0.2, -0.15) is 0 Å². The number of anilines is 1. The molecule has 1 aromatic heterocycles. The lowest BCUT2D eigenvalue weighted by atomic mass is 10.0. The van der Waals surface area contributed by atoms with Crippen LogP contribution < -0.4 is 11.1 Å². The van der Waals surface area contributed by atoms with Gasteiger partial charge in [-0.1, -0.05) is 11.6 Å². The summed E-state index contributed by atoms with van der Waals surface area (Å²) in [5.74, 6) is 0.951. The van der Waals surface area contributed by atoms with Gasteiger partial charge in [-0.25, -0.2) is 4.98 Å². The number of nitrogens with one attached hydrogen (secondary N) is 1. The van der Waals surface area contributed by atoms with Crippen molar-refractivity contribution in [3.8, 4) is 0 Å². The number of hydrogen-bond donors (Lipinski definition) is 2. The average Bonchev–Trinajstić information content (AvgIpc) is 2.84. The van der Waals surface area contributed by atoms with Crippen molar-refractivity contribution in [1.29, 1.82) is 0 Å². The molecule has 1 aliphatic heterocycles. The van der Waals surface area contributed by atoms with Gasteiger partial charge < -0.3 is 11.1 Å². The van der Waals surface area contributed by atoms with E-state index in [1.165, 1.54) is 16.2 Å². The molecular weight excluding hydrogens is 326 g/mol. The zero-order valence-electron chi connectivity index (χ0n) is 11.1. The lowest BCUT2D eigenvalue weighted by Gasteiger charge is -2.26. The third-order valence-corrected chi connectivity index (χ3v) is 5.34. The number of amides is 1. The first-order valence-corrected chi connectivity index (χ1v) is 8.77. The molecule has 7 heteroatoms. The quantitative estimate of drug-likeness (QED) is 0.900. The molecule has 3 N–H and O–H groups in total. The minimum absolute atomic E-state index is 0.0171. The number of carbonyl (C=O) groups excluding carboxylic acids is 1. The maximum absolute atomic E-state index is 12.2. The molecule has 1 amide bonds. The smallest absolute Gasteiger partial charge is 0.226 e. The number of rotatable bonds is 3. The van der Waals surface area contributed by atoms with Crippen LogP contribution in [0, 0.1) is 0 Å². The van der Waals surface area contributed by atoms with Crippen molar-refractivity contribution in [2.24, 2.45) is 0 Å². The van der Waals surface area contributed by atoms with E-state index in [0.717, 1.165) is 17.7 Å². The lowest BCUT2D eigenvalue weighted by Crippen LogP contribution is -2.31. The molecule has 0 saturated carbocycles. The SMILES string of the molecule is Nc1nc(CC(=O)NC2CCSc3ccc(Cl)cc32)cs1. The molecule has 0 fully saturated rings. The second-order valence-electron chi connectivity index (χ2n) is 4.79. The Kier molecular flexibility index (Phi) is 4.37. The molecule has 1 aliphatic rings. The van der Waals surface area contributed by atoms with Crippen LogP contribution in [0.15, 0.2) is 28.5 Å². The van der Waals surface area contributed by atoms with E-state index in [1.54, 1.807) is 11.8 Å². The summed E-state index contributed by atoms with van der Waals surface area (Å²) in [5.41, 5.74) is 7.39. The van der Waals surface area contributed by atoms with Gasteiger partial charge in [-0.15, -0.1) is 23.1 Å². The predicted molar refractivity (Wildman–Crippen MR) is 87.9 cm³/mol. The Morgan fingerprint density at radius 3 is 3.14 bits per heavy atom. The fourth-order valence-electron chi connectivity index (χ4n) is 2.33. The third kappa shape index (κ3) is 3.51. The number of nitrogens with two attached hydrogens (primary N) is 1. The number of nitrogens with zero attached hydrogens (tertiary/aromatic N) is 1. The summed E-state index contributed by atoms with van der Waals surface area (Å²) in [7, 11) is 0. The molecule has 0 spiro atoms. The molecule has 4 nitrogen and oxygen atoms in total. The van der Waals surface area contributed by atoms with E-state index in [9.17, 15) is 4.79 Å². The van der Waals surface area contributed by atoms with Crippen LogP contribution in [0.4, 0.5) is 5.13 Å². The maximum atomic E-state index is 12.2. The van der Waals surface area contributed by atoms with E-state index in [0.29, 0.717) is 15.8 Å². The molecule has 1 unspecified atom stereocenters. The molecule has 1 atom stereocenters. The first-order valence-electron chi connectivity index (χ1n) is 6.53. The normalized spacial score (nSPS) is 17.3. The Bertz CT molecular complexity index is 674. The van der Waals surface area contributed by atoms with Crippen molar-refractivity contribution in [2.75, 3.05) is 11.5 Å². The van der Waals surface area contributed by atoms with E-state index < -0.39 is 0 Å². The number of benzene rings is 1. The van der Waals surface area contributed by atoms with E-state index in [2.05, 4.69) is 10.3 Å². The molecule has 2 aromatic rings. The first-order chi connectivity index (χ1) is 10.1. The molecule has 1 aromatic carbocycles. The van der Waals surface area contributed by atoms with Gasteiger partial charge in [0.15, 0.2) is 5.13 Å². The number of thioether (sulfide) groups is 1. The highest BCUT2D eigenvalue weighted by Gasteiger charge is 2.22. The van der Waals surface area contributed by atoms with Crippen LogP contribution in [-0.2, 0) is 11.2 Å². The van der Waals surface area contributed by atoms with Crippen LogP contribution in [0.25, 0.3) is 0 Å². The number of nitrogen functional groups attached to an aromatic ring is 1. The van der Waals surface area contributed by atoms with Crippen LogP contribution in [-0.4, -0.2) is 16.6 Å². The Morgan fingerprint density at radius 2 is 2.38 bits per heavy atom. The summed E-state index contributed by atoms with van der Waals surface area (Å²) in [4.78, 5) is 17.5. The van der Waals surface area contributed by atoms with Gasteiger partial charge in [0.05, 0.1) is 18.2 Å². The Labute approximate surface area is 136 Å². The summed E-state index contributed by atoms with van der Waals surface area (Å²) in [6, 6.07) is 5.86. The van der Waals surface area contributed by atoms with E-state index in [1.807, 2.05) is 23.6 Å². The summed E-state index contributed by atoms with van der Waals surface area (Å²) >= 11 is 9.21. The Balaban J connectivity index is 1.71. The van der Waals surface area contributed by atoms with E-state index >= 15 is 0 Å². The summed E-state index contributed by atoms with van der Waals surface area (Å²) < 4.78 is 0. The Hall–Kier alpha value is -1.24. The van der Waals surface area contributed by atoms with Gasteiger partial charge in [-0.05, 0) is 30.2 Å². The van der Waals surface area contributed by atoms with Crippen LogP contribution in [0.5, 0.6) is 0 Å². The second-order valence-corrected chi connectivity index (χ2v) is 7.26. The van der Waals surface area contributed by atoms with E-state index in [-0.39, 0.29) is 18.4 Å². The first kappa shape index (κ1) is 14.7. The van der Waals surface area contributed by atoms with Crippen molar-refractivity contribution in [1.82, 2.24) is 10.3 Å². The van der Waals surface area contributed by atoms with Gasteiger partial charge in [0.25, 0.3) is 0 Å². The topological polar surface area (TPSA) is 68.0 Å². The van der Waals surface area contributed by atoms with Crippen LogP contribution in [0.3, 0.4) is 0 Å². The number of aromatic nitrogens is 1. The van der Waals surface area contributed by atoms with Crippen LogP contribution >= 0.6 is 34.7 Å². The summed E-state index contributed by atoms with van der Waals surface area (Å²) in [5, 5.41) is 6.08. The third-order valence-electron chi connectivity index (χ3n) is 3.26. The molecule has 3 rings (SSSR count). The fourth-order valence-corrected chi connectivity index (χ4v) is 4.18. The number of halogens is 1. The van der Waals surface area contributed by atoms with Crippen LogP contribution in [0.2, 0.25) is 5.02 Å². The standard InChI is InChI=1S/C14H14ClN3OS2/c15-8-1-2-12-10(5-8)11(3-4-20-12)18-13(19)6-9-7-21-14(16)17-9/h1-2,5,7,11H,3-4,6H2,(H2,16,17)(H,18,19). The van der Waals surface area contributed by atoms with Gasteiger partial charge in [-0.3, -0.25) is 4.79 Å². The largest absolute Gasteiger partial charge is 0.375 e. The molecule has 0 aliphatic carbocycles. The number of hydrogen-bond acceptors (Lipinski definition) is 5. The molecule has 21 heavy (non-hydrogen) atoms. The van der Waals surface area contributed by atoms with Crippen molar-refractivity contribution in [3.05, 3.63) is 39.9 Å². The van der Waals surface area contributed by atoms with Gasteiger partial charge in [0.1, 0.15) is 0 Å². The zero-order valence-corrected chi connectivity index (χ0v) is 13.5. The molecule has 0 radical (unpaired) electrons. The minimum atomic E-state index is -0.0388. The van der Waals surface area contributed by atoms with Crippen molar-refractivity contribution < 1.29 is 4.79 Å². The number of carbonyl (C=O) groups is 1. The molecular formula is C14H14ClN3OS2. The van der Waals surface area contributed by atoms with E-state index in [4.69, 9.17) is 17.3 Å². The highest BCUT2D eigenvalue weighted by Crippen LogP contribution is 2.37. The molecule has 2 heterocycles. The molecule has 0 bridgehead atoms. The maximum Gasteiger partial charge on any atom is 0.226 e. The molecule has 0 saturated heterocycles. The monoisotopic (exact) mass is 339 g/mol. The number of fused-ring (bicyclic) bond motifs is 1. The summed E-state index contributed by atoms with van der Waals surface area (Å²) in [6.07, 6.45) is 1.16. The highest BCUT2D eigenvalue weighted by molar-refractivity contribution is 7.99. The predicted octanol–water partition coefficient (Wildman–Crippen LogP) is 3.27. The van der Waals surface area contributed by atoms with Crippen molar-refractivity contribution >= 4 is 45.7 Å². The Morgan fingerprint density at radius 1 is 1.52 bits per heavy atom. The average molecular weight is 340 g/mol. The lowest BCUT2D eigenvalue weighted by molar-refractivity contribution is -0.121. The summed E-state index contributed by atoms with van der Waals surface area (Å²) in [6.45, 7) is 0. The van der Waals surface area contributed by atoms with Gasteiger partial charge >= 0.3 is 0 Å². The zero-order chi connectivity index (χ0) is 14.8. The van der Waals surface area contributed by atoms with Crippen LogP contribution in [0.1, 0.15) is 23.7 Å². The van der Waals surface area contributed by atoms with Crippen molar-refractivity contribution in [3.63, 3.8) is 0 Å².